The van der Waals surface area contributed by atoms with Crippen molar-refractivity contribution in [3.05, 3.63) is 59.4 Å². The highest BCUT2D eigenvalue weighted by Crippen LogP contribution is 2.43. The zero-order chi connectivity index (χ0) is 18.0. The fraction of sp³-hybridized carbons (Fsp3) is 0.368. The number of halogens is 1. The quantitative estimate of drug-likeness (QED) is 0.862. The fourth-order valence-electron chi connectivity index (χ4n) is 3.46. The number of aliphatic imine (C=N–C) groups is 1. The van der Waals surface area contributed by atoms with Gasteiger partial charge in [0.05, 0.1) is 6.67 Å². The Morgan fingerprint density at radius 3 is 2.88 bits per heavy atom. The minimum atomic E-state index is -1.15. The van der Waals surface area contributed by atoms with Crippen molar-refractivity contribution in [3.8, 4) is 0 Å². The highest BCUT2D eigenvalue weighted by Gasteiger charge is 2.52. The summed E-state index contributed by atoms with van der Waals surface area (Å²) in [6, 6.07) is 7.56. The molecule has 3 rings (SSSR count). The van der Waals surface area contributed by atoms with Gasteiger partial charge in [0.1, 0.15) is 5.76 Å². The van der Waals surface area contributed by atoms with Crippen LogP contribution >= 0.6 is 0 Å². The number of allylic oxidation sites excluding steroid dienone is 2. The van der Waals surface area contributed by atoms with Crippen molar-refractivity contribution in [3.63, 3.8) is 0 Å². The van der Waals surface area contributed by atoms with Gasteiger partial charge in [-0.05, 0) is 42.5 Å². The van der Waals surface area contributed by atoms with Gasteiger partial charge in [0.25, 0.3) is 5.91 Å². The molecule has 5 nitrogen and oxygen atoms in total. The van der Waals surface area contributed by atoms with Gasteiger partial charge in [-0.2, -0.15) is 0 Å². The number of alkyl halides is 1. The van der Waals surface area contributed by atoms with Crippen LogP contribution in [0.5, 0.6) is 0 Å². The highest BCUT2D eigenvalue weighted by molar-refractivity contribution is 6.07. The second kappa shape index (κ2) is 6.70. The van der Waals surface area contributed by atoms with Crippen molar-refractivity contribution < 1.29 is 14.3 Å². The van der Waals surface area contributed by atoms with Gasteiger partial charge in [-0.3, -0.25) is 14.1 Å². The van der Waals surface area contributed by atoms with E-state index in [0.717, 1.165) is 11.1 Å². The molecule has 1 aromatic carbocycles. The number of hydrogen-bond acceptors (Lipinski definition) is 4. The van der Waals surface area contributed by atoms with Crippen LogP contribution in [0.4, 0.5) is 4.39 Å². The molecule has 1 unspecified atom stereocenters. The molecular weight excluding hydrogens is 321 g/mol. The first-order chi connectivity index (χ1) is 12.0. The number of likely N-dealkylation sites (N-methyl/N-ethyl adjacent to an activating group) is 1. The summed E-state index contributed by atoms with van der Waals surface area (Å²) in [5.74, 6) is -0.0990. The van der Waals surface area contributed by atoms with Crippen LogP contribution in [0.2, 0.25) is 0 Å². The van der Waals surface area contributed by atoms with Crippen LogP contribution in [0, 0.1) is 5.92 Å². The molecule has 2 aliphatic rings. The second-order valence-electron chi connectivity index (χ2n) is 6.42. The predicted octanol–water partition coefficient (Wildman–Crippen LogP) is 2.59. The molecule has 0 spiro atoms. The summed E-state index contributed by atoms with van der Waals surface area (Å²) < 4.78 is 12.5. The van der Waals surface area contributed by atoms with Gasteiger partial charge in [0, 0.05) is 13.0 Å². The molecule has 0 saturated carbocycles. The van der Waals surface area contributed by atoms with Crippen LogP contribution in [0.3, 0.4) is 0 Å². The van der Waals surface area contributed by atoms with E-state index in [2.05, 4.69) is 4.99 Å². The summed E-state index contributed by atoms with van der Waals surface area (Å²) in [6.07, 6.45) is 6.59. The summed E-state index contributed by atoms with van der Waals surface area (Å²) in [4.78, 5) is 19.0. The predicted molar refractivity (Wildman–Crippen MR) is 94.8 cm³/mol. The maximum absolute atomic E-state index is 13.1. The number of carbonyl (C=O) groups is 1. The third kappa shape index (κ3) is 2.92. The molecule has 25 heavy (non-hydrogen) atoms. The number of aliphatic hydroxyl groups excluding tert-OH is 1. The molecule has 132 valence electrons. The first-order valence-electron chi connectivity index (χ1n) is 8.35. The summed E-state index contributed by atoms with van der Waals surface area (Å²) >= 11 is 0. The molecule has 1 aliphatic heterocycles. The minimum absolute atomic E-state index is 0.173. The molecule has 0 saturated heterocycles. The van der Waals surface area contributed by atoms with Gasteiger partial charge < -0.3 is 10.8 Å². The molecule has 1 aromatic rings. The Balaban J connectivity index is 2.07. The lowest BCUT2D eigenvalue weighted by Gasteiger charge is -2.33. The van der Waals surface area contributed by atoms with Crippen molar-refractivity contribution in [1.82, 2.24) is 4.90 Å². The Morgan fingerprint density at radius 2 is 2.28 bits per heavy atom. The van der Waals surface area contributed by atoms with Crippen molar-refractivity contribution in [1.29, 1.82) is 0 Å². The van der Waals surface area contributed by atoms with E-state index in [4.69, 9.17) is 5.73 Å². The van der Waals surface area contributed by atoms with Crippen LogP contribution in [0.1, 0.15) is 24.0 Å². The Kier molecular flexibility index (Phi) is 4.61. The average Bonchev–Trinajstić information content (AvgIpc) is 2.86. The fourth-order valence-corrected chi connectivity index (χ4v) is 3.46. The van der Waals surface area contributed by atoms with E-state index in [1.807, 2.05) is 24.3 Å². The van der Waals surface area contributed by atoms with E-state index >= 15 is 0 Å². The van der Waals surface area contributed by atoms with Gasteiger partial charge >= 0.3 is 0 Å². The first kappa shape index (κ1) is 17.2. The number of aliphatic hydroxyl groups is 1. The number of guanidine groups is 1. The number of benzene rings is 1. The third-order valence-electron chi connectivity index (χ3n) is 4.85. The van der Waals surface area contributed by atoms with Crippen molar-refractivity contribution in [2.75, 3.05) is 13.7 Å². The van der Waals surface area contributed by atoms with Crippen molar-refractivity contribution in [2.24, 2.45) is 16.6 Å². The molecule has 0 radical (unpaired) electrons. The summed E-state index contributed by atoms with van der Waals surface area (Å²) in [6.45, 7) is -0.377. The molecule has 0 aromatic heterocycles. The molecule has 6 heteroatoms. The van der Waals surface area contributed by atoms with Crippen molar-refractivity contribution in [2.45, 2.75) is 24.8 Å². The van der Waals surface area contributed by atoms with Crippen LogP contribution in [-0.2, 0) is 16.8 Å². The first-order valence-corrected chi connectivity index (χ1v) is 8.35. The molecular formula is C19H22FN3O2. The molecule has 2 atom stereocenters. The largest absolute Gasteiger partial charge is 0.508 e. The lowest BCUT2D eigenvalue weighted by Crippen LogP contribution is -2.44. The molecule has 3 N–H and O–H groups in total. The van der Waals surface area contributed by atoms with Crippen molar-refractivity contribution >= 4 is 11.9 Å². The van der Waals surface area contributed by atoms with E-state index in [-0.39, 0.29) is 30.2 Å². The number of nitrogens with zero attached hydrogens (tertiary/aromatic N) is 2. The Labute approximate surface area is 146 Å². The lowest BCUT2D eigenvalue weighted by atomic mass is 9.74. The lowest BCUT2D eigenvalue weighted by molar-refractivity contribution is -0.132. The van der Waals surface area contributed by atoms with Crippen LogP contribution in [0.15, 0.2) is 53.2 Å². The van der Waals surface area contributed by atoms with Crippen LogP contribution < -0.4 is 5.73 Å². The van der Waals surface area contributed by atoms with E-state index in [9.17, 15) is 14.3 Å². The number of rotatable bonds is 5. The number of aryl methyl sites for hydroxylation is 1. The summed E-state index contributed by atoms with van der Waals surface area (Å²) in [5, 5.41) is 9.62. The van der Waals surface area contributed by atoms with Gasteiger partial charge in [-0.15, -0.1) is 0 Å². The van der Waals surface area contributed by atoms with E-state index in [1.165, 1.54) is 4.90 Å². The highest BCUT2D eigenvalue weighted by atomic mass is 19.1. The third-order valence-corrected chi connectivity index (χ3v) is 4.85. The standard InChI is InChI=1S/C19H22FN3O2/c1-23-17(25)19(22-18(23)21,14-7-9-16(24)10-8-14)15-6-2-4-13(12-15)5-3-11-20/h2,4,6-7,9-10,12,14,24H,3,5,8,11H2,1H3,(H2,21,22)/t14?,19-/m1/s1. The number of hydrogen-bond donors (Lipinski definition) is 2. The molecule has 0 bridgehead atoms. The monoisotopic (exact) mass is 343 g/mol. The average molecular weight is 343 g/mol. The van der Waals surface area contributed by atoms with E-state index < -0.39 is 5.54 Å². The second-order valence-corrected chi connectivity index (χ2v) is 6.42. The molecule has 1 amide bonds. The maximum Gasteiger partial charge on any atom is 0.262 e. The molecule has 1 aliphatic carbocycles. The number of amides is 1. The smallest absolute Gasteiger partial charge is 0.262 e. The molecule has 0 fully saturated rings. The van der Waals surface area contributed by atoms with Crippen LogP contribution in [0.25, 0.3) is 0 Å². The maximum atomic E-state index is 13.1. The van der Waals surface area contributed by atoms with E-state index in [0.29, 0.717) is 19.3 Å². The van der Waals surface area contributed by atoms with E-state index in [1.54, 1.807) is 25.3 Å². The Morgan fingerprint density at radius 1 is 1.48 bits per heavy atom. The molecule has 1 heterocycles. The number of nitrogens with two attached hydrogens (primary N) is 1. The summed E-state index contributed by atoms with van der Waals surface area (Å²) in [7, 11) is 1.61. The topological polar surface area (TPSA) is 78.9 Å². The SMILES string of the molecule is CN1C(=O)[C@](c2cccc(CCCF)c2)(C2C=CC(O)=CC2)N=C1N. The Bertz CT molecular complexity index is 772. The van der Waals surface area contributed by atoms with Crippen LogP contribution in [-0.4, -0.2) is 35.6 Å². The zero-order valence-electron chi connectivity index (χ0n) is 14.2. The summed E-state index contributed by atoms with van der Waals surface area (Å²) in [5.41, 5.74) is 6.50. The van der Waals surface area contributed by atoms with Gasteiger partial charge in [-0.1, -0.05) is 30.3 Å². The van der Waals surface area contributed by atoms with Gasteiger partial charge in [0.2, 0.25) is 0 Å². The minimum Gasteiger partial charge on any atom is -0.508 e. The normalized spacial score (nSPS) is 25.9. The zero-order valence-corrected chi connectivity index (χ0v) is 14.2. The Hall–Kier alpha value is -2.63. The number of carbonyl (C=O) groups excluding carboxylic acids is 1. The van der Waals surface area contributed by atoms with Gasteiger partial charge in [-0.25, -0.2) is 4.99 Å². The van der Waals surface area contributed by atoms with Gasteiger partial charge in [0.15, 0.2) is 11.5 Å².